The second-order valence-corrected chi connectivity index (χ2v) is 5.46. The maximum atomic E-state index is 10.4. The molecule has 0 fully saturated rings. The molecule has 2 unspecified atom stereocenters. The summed E-state index contributed by atoms with van der Waals surface area (Å²) in [7, 11) is 0. The van der Waals surface area contributed by atoms with Crippen molar-refractivity contribution >= 4 is 11.6 Å². The Morgan fingerprint density at radius 3 is 2.37 bits per heavy atom. The Hall–Kier alpha value is -0.570. The second-order valence-electron chi connectivity index (χ2n) is 5.03. The summed E-state index contributed by atoms with van der Waals surface area (Å²) in [5.41, 5.74) is 0.928. The second kappa shape index (κ2) is 9.35. The molecule has 0 saturated heterocycles. The first-order valence-electron chi connectivity index (χ1n) is 7.36. The molecule has 0 amide bonds. The van der Waals surface area contributed by atoms with Gasteiger partial charge in [0.15, 0.2) is 0 Å². The summed E-state index contributed by atoms with van der Waals surface area (Å²) in [5, 5.41) is 14.5. The van der Waals surface area contributed by atoms with Gasteiger partial charge in [-0.25, -0.2) is 0 Å². The minimum atomic E-state index is -0.464. The Bertz CT molecular complexity index is 339. The molecule has 19 heavy (non-hydrogen) atoms. The van der Waals surface area contributed by atoms with E-state index in [1.165, 1.54) is 25.7 Å². The Morgan fingerprint density at radius 1 is 1.11 bits per heavy atom. The predicted octanol–water partition coefficient (Wildman–Crippen LogP) is 4.32. The standard InChI is InChI=1S/C16H26ClNO/c1-3-5-6-7-12-18-15(4-2)16(19)13-8-10-14(17)11-9-13/h8-11,15-16,18-19H,3-7,12H2,1-2H3. The fourth-order valence-electron chi connectivity index (χ4n) is 2.21. The molecule has 1 aromatic rings. The molecule has 0 heterocycles. The molecule has 0 aliphatic heterocycles. The summed E-state index contributed by atoms with van der Waals surface area (Å²) in [6.07, 6.45) is 5.43. The van der Waals surface area contributed by atoms with Crippen LogP contribution in [-0.4, -0.2) is 17.7 Å². The van der Waals surface area contributed by atoms with E-state index in [4.69, 9.17) is 11.6 Å². The van der Waals surface area contributed by atoms with Gasteiger partial charge in [-0.1, -0.05) is 56.8 Å². The monoisotopic (exact) mass is 283 g/mol. The van der Waals surface area contributed by atoms with Crippen molar-refractivity contribution in [3.8, 4) is 0 Å². The van der Waals surface area contributed by atoms with Crippen LogP contribution < -0.4 is 5.32 Å². The van der Waals surface area contributed by atoms with E-state index < -0.39 is 6.10 Å². The molecule has 0 radical (unpaired) electrons. The van der Waals surface area contributed by atoms with Crippen LogP contribution in [0.3, 0.4) is 0 Å². The van der Waals surface area contributed by atoms with Gasteiger partial charge in [-0.15, -0.1) is 0 Å². The van der Waals surface area contributed by atoms with Gasteiger partial charge in [0.2, 0.25) is 0 Å². The fourth-order valence-corrected chi connectivity index (χ4v) is 2.34. The fraction of sp³-hybridized carbons (Fsp3) is 0.625. The first-order valence-corrected chi connectivity index (χ1v) is 7.73. The number of aliphatic hydroxyl groups is 1. The van der Waals surface area contributed by atoms with Gasteiger partial charge in [-0.05, 0) is 37.1 Å². The zero-order valence-corrected chi connectivity index (χ0v) is 12.8. The summed E-state index contributed by atoms with van der Waals surface area (Å²) >= 11 is 5.86. The molecule has 2 nitrogen and oxygen atoms in total. The van der Waals surface area contributed by atoms with Gasteiger partial charge in [0.05, 0.1) is 6.10 Å². The van der Waals surface area contributed by atoms with Crippen LogP contribution in [0.1, 0.15) is 57.6 Å². The summed E-state index contributed by atoms with van der Waals surface area (Å²) in [6.45, 7) is 5.29. The third kappa shape index (κ3) is 5.94. The molecule has 0 spiro atoms. The highest BCUT2D eigenvalue weighted by Gasteiger charge is 2.18. The van der Waals surface area contributed by atoms with Gasteiger partial charge >= 0.3 is 0 Å². The molecule has 0 aromatic heterocycles. The van der Waals surface area contributed by atoms with Crippen molar-refractivity contribution in [1.29, 1.82) is 0 Å². The highest BCUT2D eigenvalue weighted by atomic mass is 35.5. The molecule has 2 atom stereocenters. The first-order chi connectivity index (χ1) is 9.19. The number of halogens is 1. The van der Waals surface area contributed by atoms with E-state index in [-0.39, 0.29) is 6.04 Å². The van der Waals surface area contributed by atoms with Crippen molar-refractivity contribution in [3.63, 3.8) is 0 Å². The number of nitrogens with one attached hydrogen (secondary N) is 1. The highest BCUT2D eigenvalue weighted by Crippen LogP contribution is 2.21. The molecule has 0 bridgehead atoms. The quantitative estimate of drug-likeness (QED) is 0.662. The van der Waals surface area contributed by atoms with E-state index >= 15 is 0 Å². The normalized spacial score (nSPS) is 14.3. The van der Waals surface area contributed by atoms with Crippen LogP contribution in [0, 0.1) is 0 Å². The van der Waals surface area contributed by atoms with E-state index in [0.29, 0.717) is 5.02 Å². The average Bonchev–Trinajstić information content (AvgIpc) is 2.43. The third-order valence-electron chi connectivity index (χ3n) is 3.47. The Balaban J connectivity index is 2.42. The van der Waals surface area contributed by atoms with Crippen molar-refractivity contribution < 1.29 is 5.11 Å². The number of benzene rings is 1. The molecule has 1 rings (SSSR count). The lowest BCUT2D eigenvalue weighted by atomic mass is 10.00. The SMILES string of the molecule is CCCCCCNC(CC)C(O)c1ccc(Cl)cc1. The van der Waals surface area contributed by atoms with Gasteiger partial charge in [0.1, 0.15) is 0 Å². The largest absolute Gasteiger partial charge is 0.387 e. The number of rotatable bonds is 9. The number of aliphatic hydroxyl groups excluding tert-OH is 1. The zero-order valence-electron chi connectivity index (χ0n) is 12.0. The van der Waals surface area contributed by atoms with Crippen molar-refractivity contribution in [2.24, 2.45) is 0 Å². The van der Waals surface area contributed by atoms with E-state index in [9.17, 15) is 5.11 Å². The van der Waals surface area contributed by atoms with Crippen LogP contribution in [-0.2, 0) is 0 Å². The van der Waals surface area contributed by atoms with Crippen LogP contribution in [0.2, 0.25) is 5.02 Å². The molecule has 0 aliphatic rings. The Kier molecular flexibility index (Phi) is 8.11. The van der Waals surface area contributed by atoms with E-state index in [1.54, 1.807) is 0 Å². The lowest BCUT2D eigenvalue weighted by Gasteiger charge is -2.23. The van der Waals surface area contributed by atoms with Crippen molar-refractivity contribution in [2.75, 3.05) is 6.54 Å². The molecule has 0 saturated carbocycles. The van der Waals surface area contributed by atoms with E-state index in [2.05, 4.69) is 19.2 Å². The lowest BCUT2D eigenvalue weighted by Crippen LogP contribution is -2.35. The highest BCUT2D eigenvalue weighted by molar-refractivity contribution is 6.30. The maximum Gasteiger partial charge on any atom is 0.0942 e. The summed E-state index contributed by atoms with van der Waals surface area (Å²) in [4.78, 5) is 0. The smallest absolute Gasteiger partial charge is 0.0942 e. The maximum absolute atomic E-state index is 10.4. The first kappa shape index (κ1) is 16.5. The number of unbranched alkanes of at least 4 members (excludes halogenated alkanes) is 3. The molecular weight excluding hydrogens is 258 g/mol. The summed E-state index contributed by atoms with van der Waals surface area (Å²) in [5.74, 6) is 0. The molecular formula is C16H26ClNO. The van der Waals surface area contributed by atoms with Crippen LogP contribution in [0.25, 0.3) is 0 Å². The summed E-state index contributed by atoms with van der Waals surface area (Å²) < 4.78 is 0. The minimum absolute atomic E-state index is 0.114. The molecule has 3 heteroatoms. The van der Waals surface area contributed by atoms with Gasteiger partial charge < -0.3 is 10.4 Å². The van der Waals surface area contributed by atoms with Crippen molar-refractivity contribution in [1.82, 2.24) is 5.32 Å². The van der Waals surface area contributed by atoms with Crippen LogP contribution in [0.4, 0.5) is 0 Å². The third-order valence-corrected chi connectivity index (χ3v) is 3.72. The number of hydrogen-bond donors (Lipinski definition) is 2. The van der Waals surface area contributed by atoms with Crippen molar-refractivity contribution in [3.05, 3.63) is 34.9 Å². The lowest BCUT2D eigenvalue weighted by molar-refractivity contribution is 0.126. The minimum Gasteiger partial charge on any atom is -0.387 e. The van der Waals surface area contributed by atoms with Crippen molar-refractivity contribution in [2.45, 2.75) is 58.1 Å². The Morgan fingerprint density at radius 2 is 1.79 bits per heavy atom. The molecule has 0 aliphatic carbocycles. The van der Waals surface area contributed by atoms with Crippen LogP contribution >= 0.6 is 11.6 Å². The van der Waals surface area contributed by atoms with Gasteiger partial charge in [-0.3, -0.25) is 0 Å². The van der Waals surface area contributed by atoms with E-state index in [0.717, 1.165) is 18.5 Å². The molecule has 108 valence electrons. The van der Waals surface area contributed by atoms with Gasteiger partial charge in [0.25, 0.3) is 0 Å². The zero-order chi connectivity index (χ0) is 14.1. The van der Waals surface area contributed by atoms with Crippen LogP contribution in [0.5, 0.6) is 0 Å². The summed E-state index contributed by atoms with van der Waals surface area (Å²) in [6, 6.07) is 7.56. The molecule has 2 N–H and O–H groups in total. The van der Waals surface area contributed by atoms with E-state index in [1.807, 2.05) is 24.3 Å². The molecule has 1 aromatic carbocycles. The van der Waals surface area contributed by atoms with Gasteiger partial charge in [0, 0.05) is 11.1 Å². The topological polar surface area (TPSA) is 32.3 Å². The average molecular weight is 284 g/mol. The number of hydrogen-bond acceptors (Lipinski definition) is 2. The van der Waals surface area contributed by atoms with Gasteiger partial charge in [-0.2, -0.15) is 0 Å². The van der Waals surface area contributed by atoms with Crippen LogP contribution in [0.15, 0.2) is 24.3 Å². The Labute approximate surface area is 122 Å². The predicted molar refractivity (Wildman–Crippen MR) is 82.6 cm³/mol.